The van der Waals surface area contributed by atoms with Gasteiger partial charge in [0, 0.05) is 36.6 Å². The summed E-state index contributed by atoms with van der Waals surface area (Å²) in [5.74, 6) is -0.483. The zero-order valence-electron chi connectivity index (χ0n) is 18.7. The zero-order valence-corrected chi connectivity index (χ0v) is 20.2. The summed E-state index contributed by atoms with van der Waals surface area (Å²) in [6.45, 7) is 3.83. The predicted molar refractivity (Wildman–Crippen MR) is 126 cm³/mol. The van der Waals surface area contributed by atoms with Crippen molar-refractivity contribution in [2.75, 3.05) is 34.3 Å². The third kappa shape index (κ3) is 5.34. The first-order chi connectivity index (χ1) is 15.2. The van der Waals surface area contributed by atoms with Gasteiger partial charge in [0.1, 0.15) is 0 Å². The quantitative estimate of drug-likeness (QED) is 0.633. The second kappa shape index (κ2) is 10.5. The Morgan fingerprint density at radius 3 is 2.56 bits per heavy atom. The fourth-order valence-electron chi connectivity index (χ4n) is 3.85. The number of halogens is 2. The van der Waals surface area contributed by atoms with Gasteiger partial charge in [0.25, 0.3) is 0 Å². The molecule has 0 aliphatic carbocycles. The summed E-state index contributed by atoms with van der Waals surface area (Å²) in [6, 6.07) is 5.03. The van der Waals surface area contributed by atoms with E-state index < -0.39 is 5.97 Å². The van der Waals surface area contributed by atoms with Crippen LogP contribution in [0.15, 0.2) is 30.6 Å². The summed E-state index contributed by atoms with van der Waals surface area (Å²) < 4.78 is 4.75. The van der Waals surface area contributed by atoms with Gasteiger partial charge in [0.05, 0.1) is 28.8 Å². The van der Waals surface area contributed by atoms with E-state index in [1.165, 1.54) is 13.3 Å². The average Bonchev–Trinajstić information content (AvgIpc) is 2.80. The standard InChI is InChI=1S/C23H28Cl2N4O3/c1-14(27-23(31)29(3)17-7-9-28(2)10-8-17)18-5-6-19(21(25)20(18)24)15-11-16(13-26-12-15)22(30)32-4/h5-6,11-14,17H,7-10H2,1-4H3,(H,27,31). The highest BCUT2D eigenvalue weighted by atomic mass is 35.5. The largest absolute Gasteiger partial charge is 0.465 e. The van der Waals surface area contributed by atoms with Crippen LogP contribution in [0.4, 0.5) is 4.79 Å². The van der Waals surface area contributed by atoms with Gasteiger partial charge in [-0.15, -0.1) is 0 Å². The topological polar surface area (TPSA) is 74.8 Å². The summed E-state index contributed by atoms with van der Waals surface area (Å²) >= 11 is 13.2. The molecule has 1 aliphatic rings. The van der Waals surface area contributed by atoms with Crippen LogP contribution in [0, 0.1) is 0 Å². The van der Waals surface area contributed by atoms with Crippen molar-refractivity contribution in [1.82, 2.24) is 20.1 Å². The van der Waals surface area contributed by atoms with Crippen LogP contribution in [-0.4, -0.2) is 67.1 Å². The first-order valence-corrected chi connectivity index (χ1v) is 11.2. The Labute approximate surface area is 198 Å². The van der Waals surface area contributed by atoms with Gasteiger partial charge in [-0.1, -0.05) is 35.3 Å². The van der Waals surface area contributed by atoms with Crippen LogP contribution in [0.1, 0.15) is 41.7 Å². The molecule has 1 aromatic heterocycles. The van der Waals surface area contributed by atoms with Crippen molar-refractivity contribution in [3.63, 3.8) is 0 Å². The highest BCUT2D eigenvalue weighted by molar-refractivity contribution is 6.44. The van der Waals surface area contributed by atoms with Gasteiger partial charge in [0.15, 0.2) is 0 Å². The summed E-state index contributed by atoms with van der Waals surface area (Å²) in [7, 11) is 5.24. The lowest BCUT2D eigenvalue weighted by Crippen LogP contribution is -2.48. The van der Waals surface area contributed by atoms with Gasteiger partial charge >= 0.3 is 12.0 Å². The fourth-order valence-corrected chi connectivity index (χ4v) is 4.46. The van der Waals surface area contributed by atoms with E-state index in [0.717, 1.165) is 25.9 Å². The molecule has 0 spiro atoms. The molecule has 9 heteroatoms. The highest BCUT2D eigenvalue weighted by Gasteiger charge is 2.26. The first-order valence-electron chi connectivity index (χ1n) is 10.5. The number of likely N-dealkylation sites (tertiary alicyclic amines) is 1. The maximum absolute atomic E-state index is 12.8. The summed E-state index contributed by atoms with van der Waals surface area (Å²) in [5.41, 5.74) is 2.31. The predicted octanol–water partition coefficient (Wildman–Crippen LogP) is 4.64. The smallest absolute Gasteiger partial charge is 0.339 e. The first kappa shape index (κ1) is 24.3. The molecule has 7 nitrogen and oxygen atoms in total. The molecule has 3 rings (SSSR count). The molecule has 0 saturated carbocycles. The van der Waals surface area contributed by atoms with Gasteiger partial charge in [-0.05, 0) is 51.5 Å². The number of nitrogens with one attached hydrogen (secondary N) is 1. The third-order valence-electron chi connectivity index (χ3n) is 5.95. The van der Waals surface area contributed by atoms with E-state index >= 15 is 0 Å². The van der Waals surface area contributed by atoms with Crippen LogP contribution < -0.4 is 5.32 Å². The number of aromatic nitrogens is 1. The minimum Gasteiger partial charge on any atom is -0.465 e. The van der Waals surface area contributed by atoms with E-state index in [4.69, 9.17) is 27.9 Å². The molecule has 1 unspecified atom stereocenters. The number of carbonyl (C=O) groups is 2. The van der Waals surface area contributed by atoms with E-state index in [2.05, 4.69) is 22.2 Å². The Bertz CT molecular complexity index is 993. The molecule has 1 N–H and O–H groups in total. The summed E-state index contributed by atoms with van der Waals surface area (Å²) in [6.07, 6.45) is 4.94. The molecular formula is C23H28Cl2N4O3. The maximum atomic E-state index is 12.8. The number of nitrogens with zero attached hydrogens (tertiary/aromatic N) is 3. The number of pyridine rings is 1. The number of urea groups is 1. The SMILES string of the molecule is COC(=O)c1cncc(-c2ccc(C(C)NC(=O)N(C)C3CCN(C)CC3)c(Cl)c2Cl)c1. The number of methoxy groups -OCH3 is 1. The molecule has 2 heterocycles. The lowest BCUT2D eigenvalue weighted by molar-refractivity contribution is 0.0600. The molecule has 0 radical (unpaired) electrons. The Kier molecular flexibility index (Phi) is 7.98. The average molecular weight is 479 g/mol. The Morgan fingerprint density at radius 2 is 1.91 bits per heavy atom. The fraction of sp³-hybridized carbons (Fsp3) is 0.435. The number of rotatable bonds is 5. The van der Waals surface area contributed by atoms with E-state index in [-0.39, 0.29) is 18.1 Å². The molecule has 0 bridgehead atoms. The molecule has 2 amide bonds. The van der Waals surface area contributed by atoms with Gasteiger partial charge in [-0.3, -0.25) is 4.98 Å². The van der Waals surface area contributed by atoms with Crippen molar-refractivity contribution in [3.05, 3.63) is 51.8 Å². The number of hydrogen-bond acceptors (Lipinski definition) is 5. The molecular weight excluding hydrogens is 451 g/mol. The lowest BCUT2D eigenvalue weighted by atomic mass is 10.0. The third-order valence-corrected chi connectivity index (χ3v) is 6.84. The van der Waals surface area contributed by atoms with Crippen LogP contribution >= 0.6 is 23.2 Å². The molecule has 1 atom stereocenters. The zero-order chi connectivity index (χ0) is 23.4. The Hall–Kier alpha value is -2.35. The van der Waals surface area contributed by atoms with Crippen molar-refractivity contribution < 1.29 is 14.3 Å². The monoisotopic (exact) mass is 478 g/mol. The van der Waals surface area contributed by atoms with Crippen molar-refractivity contribution in [1.29, 1.82) is 0 Å². The van der Waals surface area contributed by atoms with Crippen molar-refractivity contribution in [3.8, 4) is 11.1 Å². The molecule has 1 aromatic carbocycles. The normalized spacial score (nSPS) is 15.8. The number of hydrogen-bond donors (Lipinski definition) is 1. The van der Waals surface area contributed by atoms with E-state index in [0.29, 0.717) is 32.3 Å². The van der Waals surface area contributed by atoms with E-state index in [1.54, 1.807) is 17.2 Å². The Balaban J connectivity index is 1.76. The number of piperidine rings is 1. The second-order valence-electron chi connectivity index (χ2n) is 8.10. The van der Waals surface area contributed by atoms with E-state index in [9.17, 15) is 9.59 Å². The van der Waals surface area contributed by atoms with Crippen molar-refractivity contribution in [2.45, 2.75) is 31.8 Å². The van der Waals surface area contributed by atoms with E-state index in [1.807, 2.05) is 26.1 Å². The molecule has 2 aromatic rings. The molecule has 1 saturated heterocycles. The molecule has 32 heavy (non-hydrogen) atoms. The van der Waals surface area contributed by atoms with Gasteiger partial charge < -0.3 is 19.9 Å². The number of ether oxygens (including phenoxy) is 1. The van der Waals surface area contributed by atoms with Crippen LogP contribution in [0.3, 0.4) is 0 Å². The molecule has 1 fully saturated rings. The maximum Gasteiger partial charge on any atom is 0.339 e. The van der Waals surface area contributed by atoms with Crippen molar-refractivity contribution >= 4 is 35.2 Å². The highest BCUT2D eigenvalue weighted by Crippen LogP contribution is 2.38. The number of esters is 1. The second-order valence-corrected chi connectivity index (χ2v) is 8.86. The summed E-state index contributed by atoms with van der Waals surface area (Å²) in [5, 5.41) is 3.70. The minimum atomic E-state index is -0.483. The minimum absolute atomic E-state index is 0.140. The van der Waals surface area contributed by atoms with Crippen LogP contribution in [0.5, 0.6) is 0 Å². The summed E-state index contributed by atoms with van der Waals surface area (Å²) in [4.78, 5) is 32.7. The van der Waals surface area contributed by atoms with Crippen molar-refractivity contribution in [2.24, 2.45) is 0 Å². The molecule has 1 aliphatic heterocycles. The van der Waals surface area contributed by atoms with Gasteiger partial charge in [0.2, 0.25) is 0 Å². The van der Waals surface area contributed by atoms with Crippen LogP contribution in [0.2, 0.25) is 10.0 Å². The Morgan fingerprint density at radius 1 is 1.22 bits per heavy atom. The van der Waals surface area contributed by atoms with Gasteiger partial charge in [-0.2, -0.15) is 0 Å². The van der Waals surface area contributed by atoms with Crippen LogP contribution in [-0.2, 0) is 4.74 Å². The van der Waals surface area contributed by atoms with Crippen LogP contribution in [0.25, 0.3) is 11.1 Å². The number of carbonyl (C=O) groups excluding carboxylic acids is 2. The number of benzene rings is 1. The van der Waals surface area contributed by atoms with Gasteiger partial charge in [-0.25, -0.2) is 9.59 Å². The lowest BCUT2D eigenvalue weighted by Gasteiger charge is -2.35. The number of amides is 2. The molecule has 172 valence electrons.